The second kappa shape index (κ2) is 6.13. The van der Waals surface area contributed by atoms with Crippen molar-refractivity contribution in [2.75, 3.05) is 0 Å². The van der Waals surface area contributed by atoms with Gasteiger partial charge >= 0.3 is 0 Å². The van der Waals surface area contributed by atoms with Crippen LogP contribution in [0.25, 0.3) is 11.0 Å². The van der Waals surface area contributed by atoms with Crippen LogP contribution in [0.3, 0.4) is 0 Å². The molecule has 0 radical (unpaired) electrons. The SMILES string of the molecule is CCC(c1nccs1)n1c(CCl)nc2cc(Cl)c(Cl)cc21. The van der Waals surface area contributed by atoms with E-state index in [2.05, 4.69) is 21.5 Å². The molecule has 0 aliphatic heterocycles. The van der Waals surface area contributed by atoms with E-state index in [-0.39, 0.29) is 6.04 Å². The summed E-state index contributed by atoms with van der Waals surface area (Å²) in [6, 6.07) is 3.72. The molecular weight excluding hydrogens is 349 g/mol. The first-order chi connectivity index (χ1) is 10.2. The number of aromatic nitrogens is 3. The molecule has 3 rings (SSSR count). The molecule has 0 spiro atoms. The molecule has 110 valence electrons. The van der Waals surface area contributed by atoms with Crippen LogP contribution < -0.4 is 0 Å². The Morgan fingerprint density at radius 1 is 1.29 bits per heavy atom. The number of rotatable bonds is 4. The van der Waals surface area contributed by atoms with E-state index in [1.807, 2.05) is 17.6 Å². The molecule has 1 unspecified atom stereocenters. The van der Waals surface area contributed by atoms with Gasteiger partial charge in [0, 0.05) is 11.6 Å². The Morgan fingerprint density at radius 3 is 2.67 bits per heavy atom. The molecule has 21 heavy (non-hydrogen) atoms. The van der Waals surface area contributed by atoms with Crippen LogP contribution in [0.15, 0.2) is 23.7 Å². The van der Waals surface area contributed by atoms with E-state index < -0.39 is 0 Å². The summed E-state index contributed by atoms with van der Waals surface area (Å²) in [4.78, 5) is 9.01. The molecule has 0 fully saturated rings. The fourth-order valence-corrected chi connectivity index (χ4v) is 3.77. The van der Waals surface area contributed by atoms with E-state index in [1.165, 1.54) is 0 Å². The molecule has 1 aromatic carbocycles. The minimum Gasteiger partial charge on any atom is -0.317 e. The summed E-state index contributed by atoms with van der Waals surface area (Å²) in [6.45, 7) is 2.12. The first-order valence-electron chi connectivity index (χ1n) is 6.47. The van der Waals surface area contributed by atoms with Crippen molar-refractivity contribution in [1.29, 1.82) is 0 Å². The molecular formula is C14H12Cl3N3S. The number of fused-ring (bicyclic) bond motifs is 1. The molecule has 0 N–H and O–H groups in total. The van der Waals surface area contributed by atoms with E-state index >= 15 is 0 Å². The highest BCUT2D eigenvalue weighted by Gasteiger charge is 2.21. The summed E-state index contributed by atoms with van der Waals surface area (Å²) in [5.74, 6) is 1.12. The molecule has 2 heterocycles. The van der Waals surface area contributed by atoms with Crippen LogP contribution in [0.5, 0.6) is 0 Å². The minimum absolute atomic E-state index is 0.0981. The van der Waals surface area contributed by atoms with Crippen LogP contribution in [0.1, 0.15) is 30.2 Å². The molecule has 0 bridgehead atoms. The number of halogens is 3. The zero-order valence-corrected chi connectivity index (χ0v) is 14.3. The molecule has 0 saturated carbocycles. The van der Waals surface area contributed by atoms with Crippen LogP contribution in [0.2, 0.25) is 10.0 Å². The standard InChI is InChI=1S/C14H12Cl3N3S/c1-2-11(14-18-3-4-21-14)20-12-6-9(17)8(16)5-10(12)19-13(20)7-15/h3-6,11H,2,7H2,1H3. The summed E-state index contributed by atoms with van der Waals surface area (Å²) < 4.78 is 2.11. The third-order valence-corrected chi connectivity index (χ3v) is 5.20. The maximum absolute atomic E-state index is 6.17. The normalized spacial score (nSPS) is 13.0. The Kier molecular flexibility index (Phi) is 4.41. The van der Waals surface area contributed by atoms with Gasteiger partial charge in [-0.1, -0.05) is 30.1 Å². The fraction of sp³-hybridized carbons (Fsp3) is 0.286. The number of hydrogen-bond acceptors (Lipinski definition) is 3. The van der Waals surface area contributed by atoms with Crippen molar-refractivity contribution in [3.63, 3.8) is 0 Å². The average molecular weight is 361 g/mol. The van der Waals surface area contributed by atoms with Gasteiger partial charge in [-0.15, -0.1) is 22.9 Å². The van der Waals surface area contributed by atoms with Gasteiger partial charge in [0.1, 0.15) is 10.8 Å². The van der Waals surface area contributed by atoms with Crippen LogP contribution in [-0.2, 0) is 5.88 Å². The molecule has 3 aromatic rings. The average Bonchev–Trinajstić information content (AvgIpc) is 3.10. The molecule has 1 atom stereocenters. The highest BCUT2D eigenvalue weighted by molar-refractivity contribution is 7.09. The first-order valence-corrected chi connectivity index (χ1v) is 8.64. The van der Waals surface area contributed by atoms with Gasteiger partial charge in [0.15, 0.2) is 0 Å². The third-order valence-electron chi connectivity index (χ3n) is 3.36. The monoisotopic (exact) mass is 359 g/mol. The molecule has 2 aromatic heterocycles. The van der Waals surface area contributed by atoms with Gasteiger partial charge in [0.2, 0.25) is 0 Å². The Bertz CT molecular complexity index is 767. The van der Waals surface area contributed by atoms with Crippen molar-refractivity contribution in [2.45, 2.75) is 25.3 Å². The van der Waals surface area contributed by atoms with Crippen LogP contribution in [-0.4, -0.2) is 14.5 Å². The zero-order valence-electron chi connectivity index (χ0n) is 11.2. The molecule has 0 saturated heterocycles. The van der Waals surface area contributed by atoms with Gasteiger partial charge in [-0.05, 0) is 18.6 Å². The third kappa shape index (κ3) is 2.66. The molecule has 0 amide bonds. The Balaban J connectivity index is 2.26. The lowest BCUT2D eigenvalue weighted by Crippen LogP contribution is -2.12. The van der Waals surface area contributed by atoms with E-state index in [0.717, 1.165) is 28.3 Å². The number of alkyl halides is 1. The van der Waals surface area contributed by atoms with Crippen molar-refractivity contribution >= 4 is 57.2 Å². The number of hydrogen-bond donors (Lipinski definition) is 0. The van der Waals surface area contributed by atoms with Crippen molar-refractivity contribution in [3.8, 4) is 0 Å². The molecule has 3 nitrogen and oxygen atoms in total. The lowest BCUT2D eigenvalue weighted by atomic mass is 10.2. The predicted molar refractivity (Wildman–Crippen MR) is 89.9 cm³/mol. The van der Waals surface area contributed by atoms with Gasteiger partial charge in [0.05, 0.1) is 33.0 Å². The lowest BCUT2D eigenvalue weighted by molar-refractivity contribution is 0.562. The topological polar surface area (TPSA) is 30.7 Å². The van der Waals surface area contributed by atoms with Crippen molar-refractivity contribution in [3.05, 3.63) is 44.6 Å². The maximum Gasteiger partial charge on any atom is 0.125 e. The highest BCUT2D eigenvalue weighted by atomic mass is 35.5. The molecule has 0 aliphatic rings. The summed E-state index contributed by atoms with van der Waals surface area (Å²) in [7, 11) is 0. The number of imidazole rings is 1. The summed E-state index contributed by atoms with van der Waals surface area (Å²) in [5, 5.41) is 4.02. The highest BCUT2D eigenvalue weighted by Crippen LogP contribution is 2.34. The van der Waals surface area contributed by atoms with Crippen molar-refractivity contribution in [2.24, 2.45) is 0 Å². The predicted octanol–water partition coefficient (Wildman–Crippen LogP) is 5.54. The van der Waals surface area contributed by atoms with Gasteiger partial charge in [-0.3, -0.25) is 0 Å². The van der Waals surface area contributed by atoms with Crippen molar-refractivity contribution in [1.82, 2.24) is 14.5 Å². The van der Waals surface area contributed by atoms with E-state index in [4.69, 9.17) is 34.8 Å². The summed E-state index contributed by atoms with van der Waals surface area (Å²) >= 11 is 20.0. The van der Waals surface area contributed by atoms with Gasteiger partial charge in [0.25, 0.3) is 0 Å². The smallest absolute Gasteiger partial charge is 0.125 e. The number of thiazole rings is 1. The lowest BCUT2D eigenvalue weighted by Gasteiger charge is -2.17. The summed E-state index contributed by atoms with van der Waals surface area (Å²) in [6.07, 6.45) is 2.70. The van der Waals surface area contributed by atoms with Gasteiger partial charge in [-0.2, -0.15) is 0 Å². The van der Waals surface area contributed by atoms with Gasteiger partial charge < -0.3 is 4.57 Å². The Morgan fingerprint density at radius 2 is 2.05 bits per heavy atom. The van der Waals surface area contributed by atoms with Crippen LogP contribution in [0, 0.1) is 0 Å². The second-order valence-electron chi connectivity index (χ2n) is 4.58. The maximum atomic E-state index is 6.17. The van der Waals surface area contributed by atoms with E-state index in [1.54, 1.807) is 17.4 Å². The van der Waals surface area contributed by atoms with Gasteiger partial charge in [-0.25, -0.2) is 9.97 Å². The van der Waals surface area contributed by atoms with Crippen LogP contribution >= 0.6 is 46.1 Å². The largest absolute Gasteiger partial charge is 0.317 e. The van der Waals surface area contributed by atoms with Crippen LogP contribution in [0.4, 0.5) is 0 Å². The molecule has 0 aliphatic carbocycles. The first kappa shape index (κ1) is 15.1. The molecule has 7 heteroatoms. The number of benzene rings is 1. The second-order valence-corrected chi connectivity index (χ2v) is 6.59. The fourth-order valence-electron chi connectivity index (χ4n) is 2.45. The minimum atomic E-state index is 0.0981. The number of nitrogens with zero attached hydrogens (tertiary/aromatic N) is 3. The Hall–Kier alpha value is -0.810. The quantitative estimate of drug-likeness (QED) is 0.572. The Labute approximate surface area is 141 Å². The van der Waals surface area contributed by atoms with Crippen molar-refractivity contribution < 1.29 is 0 Å². The van der Waals surface area contributed by atoms with E-state index in [9.17, 15) is 0 Å². The zero-order chi connectivity index (χ0) is 15.0. The summed E-state index contributed by atoms with van der Waals surface area (Å²) in [5.41, 5.74) is 1.73. The van der Waals surface area contributed by atoms with E-state index in [0.29, 0.717) is 15.9 Å².